The van der Waals surface area contributed by atoms with Crippen molar-refractivity contribution in [3.63, 3.8) is 0 Å². The van der Waals surface area contributed by atoms with Gasteiger partial charge in [0.25, 0.3) is 5.91 Å². The zero-order valence-corrected chi connectivity index (χ0v) is 12.6. The summed E-state index contributed by atoms with van der Waals surface area (Å²) in [5.74, 6) is 0.0335. The predicted molar refractivity (Wildman–Crippen MR) is 82.0 cm³/mol. The second kappa shape index (κ2) is 6.02. The fourth-order valence-electron chi connectivity index (χ4n) is 3.04. The molecular formula is C17H18N4O. The Labute approximate surface area is 129 Å². The molecule has 1 aliphatic heterocycles. The molecule has 0 N–H and O–H groups in total. The maximum atomic E-state index is 12.8. The molecule has 1 atom stereocenters. The van der Waals surface area contributed by atoms with Gasteiger partial charge in [0.15, 0.2) is 0 Å². The number of amides is 1. The van der Waals surface area contributed by atoms with Gasteiger partial charge in [0, 0.05) is 30.9 Å². The largest absolute Gasteiger partial charge is 0.331 e. The highest BCUT2D eigenvalue weighted by molar-refractivity contribution is 5.94. The van der Waals surface area contributed by atoms with Gasteiger partial charge in [0.2, 0.25) is 0 Å². The average Bonchev–Trinajstić information content (AvgIpc) is 3.15. The minimum absolute atomic E-state index is 0.0335. The summed E-state index contributed by atoms with van der Waals surface area (Å²) >= 11 is 0. The van der Waals surface area contributed by atoms with Crippen LogP contribution in [0, 0.1) is 11.3 Å². The molecule has 2 aromatic rings. The predicted octanol–water partition coefficient (Wildman–Crippen LogP) is 2.46. The molecule has 5 heteroatoms. The fourth-order valence-corrected chi connectivity index (χ4v) is 3.04. The van der Waals surface area contributed by atoms with Crippen LogP contribution in [0.25, 0.3) is 0 Å². The summed E-state index contributed by atoms with van der Waals surface area (Å²) in [6.07, 6.45) is 6.11. The second-order valence-corrected chi connectivity index (χ2v) is 5.64. The van der Waals surface area contributed by atoms with Gasteiger partial charge in [-0.15, -0.1) is 0 Å². The molecule has 2 heterocycles. The number of hydrogen-bond acceptors (Lipinski definition) is 3. The van der Waals surface area contributed by atoms with Crippen LogP contribution in [0.5, 0.6) is 0 Å². The van der Waals surface area contributed by atoms with Gasteiger partial charge in [-0.25, -0.2) is 0 Å². The van der Waals surface area contributed by atoms with Gasteiger partial charge in [0.1, 0.15) is 0 Å². The monoisotopic (exact) mass is 294 g/mol. The van der Waals surface area contributed by atoms with Crippen LogP contribution in [0.2, 0.25) is 0 Å². The molecular weight excluding hydrogens is 276 g/mol. The van der Waals surface area contributed by atoms with E-state index in [1.165, 1.54) is 0 Å². The Balaban J connectivity index is 1.84. The molecule has 0 unspecified atom stereocenters. The molecule has 3 rings (SSSR count). The number of rotatable bonds is 3. The lowest BCUT2D eigenvalue weighted by Crippen LogP contribution is -2.30. The summed E-state index contributed by atoms with van der Waals surface area (Å²) in [6.45, 7) is 0.765. The summed E-state index contributed by atoms with van der Waals surface area (Å²) in [4.78, 5) is 14.7. The van der Waals surface area contributed by atoms with Crippen molar-refractivity contribution in [2.75, 3.05) is 6.54 Å². The quantitative estimate of drug-likeness (QED) is 0.873. The Morgan fingerprint density at radius 1 is 1.50 bits per heavy atom. The maximum Gasteiger partial charge on any atom is 0.254 e. The first-order valence-electron chi connectivity index (χ1n) is 7.44. The number of carbonyl (C=O) groups is 1. The zero-order valence-electron chi connectivity index (χ0n) is 12.6. The van der Waals surface area contributed by atoms with Crippen molar-refractivity contribution in [2.45, 2.75) is 25.3 Å². The average molecular weight is 294 g/mol. The smallest absolute Gasteiger partial charge is 0.254 e. The van der Waals surface area contributed by atoms with E-state index in [-0.39, 0.29) is 11.9 Å². The Morgan fingerprint density at radius 3 is 3.09 bits per heavy atom. The van der Waals surface area contributed by atoms with E-state index in [1.807, 2.05) is 48.6 Å². The highest BCUT2D eigenvalue weighted by atomic mass is 16.2. The molecule has 1 fully saturated rings. The third-order valence-corrected chi connectivity index (χ3v) is 4.08. The van der Waals surface area contributed by atoms with Crippen molar-refractivity contribution in [1.29, 1.82) is 5.26 Å². The minimum atomic E-state index is 0.0335. The van der Waals surface area contributed by atoms with Crippen LogP contribution in [0.3, 0.4) is 0 Å². The van der Waals surface area contributed by atoms with Crippen molar-refractivity contribution < 1.29 is 4.79 Å². The van der Waals surface area contributed by atoms with E-state index in [0.29, 0.717) is 12.0 Å². The highest BCUT2D eigenvalue weighted by Crippen LogP contribution is 2.32. The molecule has 0 aliphatic carbocycles. The molecule has 5 nitrogen and oxygen atoms in total. The number of aromatic nitrogens is 2. The molecule has 1 aromatic carbocycles. The van der Waals surface area contributed by atoms with Crippen molar-refractivity contribution in [3.05, 3.63) is 53.3 Å². The van der Waals surface area contributed by atoms with Crippen LogP contribution in [0.4, 0.5) is 0 Å². The molecule has 112 valence electrons. The van der Waals surface area contributed by atoms with Gasteiger partial charge in [-0.3, -0.25) is 9.48 Å². The topological polar surface area (TPSA) is 61.9 Å². The van der Waals surface area contributed by atoms with Crippen molar-refractivity contribution in [3.8, 4) is 6.07 Å². The highest BCUT2D eigenvalue weighted by Gasteiger charge is 2.31. The molecule has 0 radical (unpaired) electrons. The number of benzene rings is 1. The van der Waals surface area contributed by atoms with Gasteiger partial charge in [0.05, 0.1) is 24.7 Å². The van der Waals surface area contributed by atoms with E-state index in [4.69, 9.17) is 5.26 Å². The maximum absolute atomic E-state index is 12.8. The summed E-state index contributed by atoms with van der Waals surface area (Å²) in [5, 5.41) is 13.0. The zero-order chi connectivity index (χ0) is 15.5. The summed E-state index contributed by atoms with van der Waals surface area (Å²) < 4.78 is 1.77. The van der Waals surface area contributed by atoms with E-state index >= 15 is 0 Å². The molecule has 1 aliphatic rings. The van der Waals surface area contributed by atoms with Crippen LogP contribution >= 0.6 is 0 Å². The van der Waals surface area contributed by atoms with E-state index in [2.05, 4.69) is 11.2 Å². The molecule has 1 aromatic heterocycles. The normalized spacial score (nSPS) is 17.5. The Hall–Kier alpha value is -2.61. The van der Waals surface area contributed by atoms with Gasteiger partial charge in [-0.2, -0.15) is 10.4 Å². The number of carbonyl (C=O) groups excluding carboxylic acids is 1. The van der Waals surface area contributed by atoms with E-state index in [1.54, 1.807) is 4.68 Å². The lowest BCUT2D eigenvalue weighted by Gasteiger charge is -2.24. The third kappa shape index (κ3) is 2.73. The first-order valence-corrected chi connectivity index (χ1v) is 7.44. The first kappa shape index (κ1) is 14.3. The number of nitriles is 1. The summed E-state index contributed by atoms with van der Waals surface area (Å²) in [6, 6.07) is 9.58. The lowest BCUT2D eigenvalue weighted by atomic mass is 10.1. The fraction of sp³-hybridized carbons (Fsp3) is 0.353. The number of hydrogen-bond donors (Lipinski definition) is 0. The van der Waals surface area contributed by atoms with E-state index in [0.717, 1.165) is 30.5 Å². The summed E-state index contributed by atoms with van der Waals surface area (Å²) in [7, 11) is 1.88. The first-order chi connectivity index (χ1) is 10.7. The lowest BCUT2D eigenvalue weighted by molar-refractivity contribution is 0.0735. The second-order valence-electron chi connectivity index (χ2n) is 5.64. The Kier molecular flexibility index (Phi) is 3.92. The van der Waals surface area contributed by atoms with Crippen LogP contribution in [-0.2, 0) is 13.5 Å². The van der Waals surface area contributed by atoms with Gasteiger partial charge in [-0.1, -0.05) is 12.1 Å². The summed E-state index contributed by atoms with van der Waals surface area (Å²) in [5.41, 5.74) is 2.62. The molecule has 0 saturated carbocycles. The van der Waals surface area contributed by atoms with Crippen molar-refractivity contribution >= 4 is 5.91 Å². The van der Waals surface area contributed by atoms with Gasteiger partial charge < -0.3 is 4.90 Å². The molecule has 1 amide bonds. The van der Waals surface area contributed by atoms with E-state index in [9.17, 15) is 4.79 Å². The number of likely N-dealkylation sites (tertiary alicyclic amines) is 1. The van der Waals surface area contributed by atoms with Crippen LogP contribution in [-0.4, -0.2) is 27.1 Å². The van der Waals surface area contributed by atoms with Crippen molar-refractivity contribution in [2.24, 2.45) is 7.05 Å². The molecule has 0 spiro atoms. The molecule has 1 saturated heterocycles. The van der Waals surface area contributed by atoms with Gasteiger partial charge in [-0.05, 0) is 30.5 Å². The molecule has 22 heavy (non-hydrogen) atoms. The minimum Gasteiger partial charge on any atom is -0.331 e. The van der Waals surface area contributed by atoms with Gasteiger partial charge >= 0.3 is 0 Å². The Bertz CT molecular complexity index is 728. The number of aryl methyl sites for hydroxylation is 1. The van der Waals surface area contributed by atoms with Crippen LogP contribution < -0.4 is 0 Å². The standard InChI is InChI=1S/C17H18N4O/c1-20-12-15(11-19-20)16-6-3-9-21(16)17(22)14-5-2-4-13(10-14)7-8-18/h2,4-5,10-12,16H,3,6-7,9H2,1H3/t16-/m0/s1. The van der Waals surface area contributed by atoms with Crippen LogP contribution in [0.1, 0.15) is 40.4 Å². The van der Waals surface area contributed by atoms with Crippen LogP contribution in [0.15, 0.2) is 36.7 Å². The molecule has 0 bridgehead atoms. The number of nitrogens with zero attached hydrogens (tertiary/aromatic N) is 4. The van der Waals surface area contributed by atoms with Crippen molar-refractivity contribution in [1.82, 2.24) is 14.7 Å². The third-order valence-electron chi connectivity index (χ3n) is 4.08. The Morgan fingerprint density at radius 2 is 2.36 bits per heavy atom. The van der Waals surface area contributed by atoms with E-state index < -0.39 is 0 Å². The SMILES string of the molecule is Cn1cc([C@@H]2CCCN2C(=O)c2cccc(CC#N)c2)cn1.